The van der Waals surface area contributed by atoms with E-state index in [2.05, 4.69) is 20.6 Å². The predicted molar refractivity (Wildman–Crippen MR) is 100 cm³/mol. The summed E-state index contributed by atoms with van der Waals surface area (Å²) in [7, 11) is 1.55. The number of aromatic nitrogens is 2. The van der Waals surface area contributed by atoms with Gasteiger partial charge in [-0.3, -0.25) is 4.79 Å². The second kappa shape index (κ2) is 7.44. The fraction of sp³-hybridized carbons (Fsp3) is 0.450. The first kappa shape index (κ1) is 18.8. The average Bonchev–Trinajstić information content (AvgIpc) is 3.18. The quantitative estimate of drug-likeness (QED) is 0.840. The summed E-state index contributed by atoms with van der Waals surface area (Å²) in [5.74, 6) is -0.687. The fourth-order valence-electron chi connectivity index (χ4n) is 3.98. The molecule has 2 fully saturated rings. The van der Waals surface area contributed by atoms with Crippen molar-refractivity contribution in [2.75, 3.05) is 25.6 Å². The molecule has 1 saturated heterocycles. The number of amides is 1. The van der Waals surface area contributed by atoms with E-state index in [1.165, 1.54) is 18.5 Å². The molecule has 1 aliphatic heterocycles. The van der Waals surface area contributed by atoms with E-state index in [-0.39, 0.29) is 11.7 Å². The Labute approximate surface area is 162 Å². The molecule has 2 aliphatic rings. The van der Waals surface area contributed by atoms with Crippen molar-refractivity contribution in [3.63, 3.8) is 0 Å². The van der Waals surface area contributed by atoms with Crippen molar-refractivity contribution in [3.8, 4) is 0 Å². The minimum atomic E-state index is -0.544. The number of carbonyl (C=O) groups is 1. The number of nitrogens with one attached hydrogen (secondary N) is 2. The zero-order chi connectivity index (χ0) is 19.6. The van der Waals surface area contributed by atoms with Crippen LogP contribution in [-0.4, -0.2) is 41.9 Å². The molecule has 2 N–H and O–H groups in total. The van der Waals surface area contributed by atoms with Gasteiger partial charge in [0.05, 0.1) is 24.3 Å². The molecule has 1 amide bonds. The van der Waals surface area contributed by atoms with Gasteiger partial charge in [0.25, 0.3) is 5.91 Å². The van der Waals surface area contributed by atoms with Crippen LogP contribution >= 0.6 is 0 Å². The van der Waals surface area contributed by atoms with Gasteiger partial charge in [0.1, 0.15) is 5.82 Å². The van der Waals surface area contributed by atoms with Crippen LogP contribution in [0.3, 0.4) is 0 Å². The van der Waals surface area contributed by atoms with E-state index in [0.29, 0.717) is 50.4 Å². The summed E-state index contributed by atoms with van der Waals surface area (Å²) in [5.41, 5.74) is 0.666. The van der Waals surface area contributed by atoms with Gasteiger partial charge in [-0.2, -0.15) is 0 Å². The highest BCUT2D eigenvalue weighted by Gasteiger charge is 2.47. The largest absolute Gasteiger partial charge is 0.355 e. The van der Waals surface area contributed by atoms with Crippen LogP contribution in [0.5, 0.6) is 0 Å². The van der Waals surface area contributed by atoms with Gasteiger partial charge in [-0.15, -0.1) is 0 Å². The Morgan fingerprint density at radius 3 is 2.39 bits per heavy atom. The second-order valence-electron chi connectivity index (χ2n) is 7.20. The fourth-order valence-corrected chi connectivity index (χ4v) is 3.98. The van der Waals surface area contributed by atoms with Crippen molar-refractivity contribution in [1.82, 2.24) is 15.3 Å². The average molecular weight is 386 g/mol. The van der Waals surface area contributed by atoms with Crippen molar-refractivity contribution in [2.24, 2.45) is 0 Å². The first-order chi connectivity index (χ1) is 13.5. The lowest BCUT2D eigenvalue weighted by molar-refractivity contribution is -0.183. The lowest BCUT2D eigenvalue weighted by atomic mass is 9.74. The molecule has 1 aromatic carbocycles. The first-order valence-corrected chi connectivity index (χ1v) is 9.41. The molecule has 8 heteroatoms. The molecule has 7 nitrogen and oxygen atoms in total. The number of carbonyl (C=O) groups excluding carboxylic acids is 1. The Bertz CT molecular complexity index is 843. The van der Waals surface area contributed by atoms with Crippen LogP contribution < -0.4 is 10.6 Å². The number of anilines is 1. The molecule has 28 heavy (non-hydrogen) atoms. The van der Waals surface area contributed by atoms with Gasteiger partial charge in [-0.1, -0.05) is 12.1 Å². The summed E-state index contributed by atoms with van der Waals surface area (Å²) < 4.78 is 25.6. The van der Waals surface area contributed by atoms with E-state index in [1.807, 2.05) is 6.07 Å². The van der Waals surface area contributed by atoms with Crippen molar-refractivity contribution in [1.29, 1.82) is 0 Å². The summed E-state index contributed by atoms with van der Waals surface area (Å²) in [6.45, 7) is 1.20. The highest BCUT2D eigenvalue weighted by Crippen LogP contribution is 2.46. The Hall–Kier alpha value is -2.58. The standard InChI is InChI=1S/C20H23FN4O3/c1-22-17(26)14-12-23-18(24-13-14)25-19(15-3-2-4-16(21)11-15)5-7-20(8-6-19)27-9-10-28-20/h2-4,11-13H,5-10H2,1H3,(H,22,26)(H,23,24,25). The molecule has 2 heterocycles. The molecule has 0 unspecified atom stereocenters. The zero-order valence-corrected chi connectivity index (χ0v) is 15.7. The van der Waals surface area contributed by atoms with Gasteiger partial charge in [0, 0.05) is 32.3 Å². The van der Waals surface area contributed by atoms with Crippen molar-refractivity contribution < 1.29 is 18.7 Å². The Kier molecular flexibility index (Phi) is 4.99. The van der Waals surface area contributed by atoms with Gasteiger partial charge >= 0.3 is 0 Å². The van der Waals surface area contributed by atoms with Gasteiger partial charge in [0.15, 0.2) is 5.79 Å². The van der Waals surface area contributed by atoms with Crippen LogP contribution in [0.15, 0.2) is 36.7 Å². The zero-order valence-electron chi connectivity index (χ0n) is 15.7. The Morgan fingerprint density at radius 2 is 1.79 bits per heavy atom. The van der Waals surface area contributed by atoms with E-state index >= 15 is 0 Å². The molecule has 1 saturated carbocycles. The van der Waals surface area contributed by atoms with E-state index < -0.39 is 11.3 Å². The van der Waals surface area contributed by atoms with E-state index in [0.717, 1.165) is 5.56 Å². The van der Waals surface area contributed by atoms with Crippen LogP contribution in [0.1, 0.15) is 41.6 Å². The molecule has 1 aliphatic carbocycles. The van der Waals surface area contributed by atoms with E-state index in [9.17, 15) is 9.18 Å². The molecule has 1 spiro atoms. The highest BCUT2D eigenvalue weighted by atomic mass is 19.1. The molecule has 2 aromatic rings. The SMILES string of the molecule is CNC(=O)c1cnc(NC2(c3cccc(F)c3)CCC3(CC2)OCCO3)nc1. The lowest BCUT2D eigenvalue weighted by Gasteiger charge is -2.44. The smallest absolute Gasteiger partial charge is 0.254 e. The van der Waals surface area contributed by atoms with Crippen LogP contribution in [0.25, 0.3) is 0 Å². The number of hydrogen-bond acceptors (Lipinski definition) is 6. The van der Waals surface area contributed by atoms with Gasteiger partial charge in [0.2, 0.25) is 5.95 Å². The third kappa shape index (κ3) is 3.57. The summed E-state index contributed by atoms with van der Waals surface area (Å²) in [6.07, 6.45) is 5.68. The van der Waals surface area contributed by atoms with Crippen molar-refractivity contribution in [3.05, 3.63) is 53.6 Å². The summed E-state index contributed by atoms with van der Waals surface area (Å²) in [4.78, 5) is 20.3. The molecular formula is C20H23FN4O3. The van der Waals surface area contributed by atoms with Crippen LogP contribution in [0.2, 0.25) is 0 Å². The number of ether oxygens (including phenoxy) is 2. The molecule has 0 bridgehead atoms. The summed E-state index contributed by atoms with van der Waals surface area (Å²) in [5, 5.41) is 5.94. The number of hydrogen-bond donors (Lipinski definition) is 2. The summed E-state index contributed by atoms with van der Waals surface area (Å²) >= 11 is 0. The molecule has 1 aromatic heterocycles. The third-order valence-electron chi connectivity index (χ3n) is 5.55. The van der Waals surface area contributed by atoms with Crippen LogP contribution in [0.4, 0.5) is 10.3 Å². The number of benzene rings is 1. The molecule has 0 atom stereocenters. The second-order valence-corrected chi connectivity index (χ2v) is 7.20. The normalized spacial score (nSPS) is 20.1. The van der Waals surface area contributed by atoms with Gasteiger partial charge in [-0.05, 0) is 30.5 Å². The Morgan fingerprint density at radius 1 is 1.11 bits per heavy atom. The molecule has 148 valence electrons. The Balaban J connectivity index is 1.61. The highest BCUT2D eigenvalue weighted by molar-refractivity contribution is 5.93. The first-order valence-electron chi connectivity index (χ1n) is 9.41. The number of halogens is 1. The maximum Gasteiger partial charge on any atom is 0.254 e. The third-order valence-corrected chi connectivity index (χ3v) is 5.55. The lowest BCUT2D eigenvalue weighted by Crippen LogP contribution is -2.46. The van der Waals surface area contributed by atoms with E-state index in [1.54, 1.807) is 19.2 Å². The summed E-state index contributed by atoms with van der Waals surface area (Å²) in [6, 6.07) is 6.58. The predicted octanol–water partition coefficient (Wildman–Crippen LogP) is 2.60. The van der Waals surface area contributed by atoms with Crippen LogP contribution in [0, 0.1) is 5.82 Å². The van der Waals surface area contributed by atoms with Crippen LogP contribution in [-0.2, 0) is 15.0 Å². The topological polar surface area (TPSA) is 85.4 Å². The number of nitrogens with zero attached hydrogens (tertiary/aromatic N) is 2. The van der Waals surface area contributed by atoms with Gasteiger partial charge < -0.3 is 20.1 Å². The maximum atomic E-state index is 14.0. The minimum absolute atomic E-state index is 0.249. The maximum absolute atomic E-state index is 14.0. The van der Waals surface area contributed by atoms with Crippen molar-refractivity contribution in [2.45, 2.75) is 37.0 Å². The minimum Gasteiger partial charge on any atom is -0.355 e. The molecular weight excluding hydrogens is 363 g/mol. The van der Waals surface area contributed by atoms with E-state index in [4.69, 9.17) is 9.47 Å². The molecule has 0 radical (unpaired) electrons. The monoisotopic (exact) mass is 386 g/mol. The van der Waals surface area contributed by atoms with Crippen molar-refractivity contribution >= 4 is 11.9 Å². The number of rotatable bonds is 4. The van der Waals surface area contributed by atoms with Gasteiger partial charge in [-0.25, -0.2) is 14.4 Å². The molecule has 4 rings (SSSR count).